The molecule has 0 atom stereocenters. The Morgan fingerprint density at radius 1 is 0.975 bits per heavy atom. The van der Waals surface area contributed by atoms with Gasteiger partial charge in [-0.1, -0.05) is 28.1 Å². The van der Waals surface area contributed by atoms with Crippen LogP contribution in [0, 0.1) is 6.92 Å². The molecule has 0 amide bonds. The van der Waals surface area contributed by atoms with E-state index in [1.165, 1.54) is 5.69 Å². The number of alkyl halides is 3. The molecule has 2 aromatic carbocycles. The molecule has 2 fully saturated rings. The highest BCUT2D eigenvalue weighted by molar-refractivity contribution is 9.10. The van der Waals surface area contributed by atoms with Gasteiger partial charge in [-0.15, -0.1) is 0 Å². The lowest BCUT2D eigenvalue weighted by molar-refractivity contribution is -0.137. The third kappa shape index (κ3) is 5.51. The quantitative estimate of drug-likeness (QED) is 0.281. The van der Waals surface area contributed by atoms with Crippen molar-refractivity contribution in [1.82, 2.24) is 14.7 Å². The molecule has 1 aromatic heterocycles. The maximum absolute atomic E-state index is 14.2. The SMILES string of the molecule is CCn1nc(C)cc1C1CCN(C2CCC(c3ccc(Br)cc3)(S(=O)(=O)c3ccc(C(F)(F)F)cc3)CC2)CC1. The number of piperidine rings is 1. The van der Waals surface area contributed by atoms with Crippen molar-refractivity contribution in [3.05, 3.63) is 81.6 Å². The molecule has 1 aliphatic heterocycles. The molecule has 10 heteroatoms. The van der Waals surface area contributed by atoms with Crippen molar-refractivity contribution in [2.24, 2.45) is 0 Å². The highest BCUT2D eigenvalue weighted by atomic mass is 79.9. The summed E-state index contributed by atoms with van der Waals surface area (Å²) in [4.78, 5) is 2.44. The van der Waals surface area contributed by atoms with E-state index in [1.807, 2.05) is 31.2 Å². The zero-order valence-corrected chi connectivity index (χ0v) is 25.2. The molecule has 0 N–H and O–H groups in total. The van der Waals surface area contributed by atoms with E-state index in [0.717, 1.165) is 66.9 Å². The Morgan fingerprint density at radius 3 is 2.12 bits per heavy atom. The summed E-state index contributed by atoms with van der Waals surface area (Å²) in [5.74, 6) is 0.475. The zero-order valence-electron chi connectivity index (χ0n) is 22.8. The second-order valence-corrected chi connectivity index (χ2v) is 14.3. The Kier molecular flexibility index (Phi) is 8.25. The molecule has 1 saturated carbocycles. The Morgan fingerprint density at radius 2 is 1.57 bits per heavy atom. The van der Waals surface area contributed by atoms with Gasteiger partial charge in [-0.3, -0.25) is 4.68 Å². The summed E-state index contributed by atoms with van der Waals surface area (Å²) >= 11 is 3.43. The number of aromatic nitrogens is 2. The van der Waals surface area contributed by atoms with Gasteiger partial charge in [0, 0.05) is 28.7 Å². The Bertz CT molecular complexity index is 1420. The van der Waals surface area contributed by atoms with Crippen LogP contribution < -0.4 is 0 Å². The summed E-state index contributed by atoms with van der Waals surface area (Å²) in [6.07, 6.45) is -0.160. The Labute approximate surface area is 242 Å². The van der Waals surface area contributed by atoms with Crippen molar-refractivity contribution in [3.63, 3.8) is 0 Å². The van der Waals surface area contributed by atoms with E-state index < -0.39 is 26.3 Å². The molecule has 2 heterocycles. The minimum Gasteiger partial charge on any atom is -0.300 e. The van der Waals surface area contributed by atoms with Gasteiger partial charge >= 0.3 is 6.18 Å². The first-order valence-electron chi connectivity index (χ1n) is 13.9. The van der Waals surface area contributed by atoms with Crippen LogP contribution in [0.15, 0.2) is 64.0 Å². The zero-order chi connectivity index (χ0) is 28.7. The van der Waals surface area contributed by atoms with Gasteiger partial charge in [0.05, 0.1) is 16.2 Å². The van der Waals surface area contributed by atoms with Crippen LogP contribution >= 0.6 is 15.9 Å². The van der Waals surface area contributed by atoms with Gasteiger partial charge in [-0.05, 0) is 113 Å². The van der Waals surface area contributed by atoms with Gasteiger partial charge in [-0.25, -0.2) is 8.42 Å². The number of aryl methyl sites for hydroxylation is 2. The molecule has 0 radical (unpaired) electrons. The minimum absolute atomic E-state index is 0.0643. The summed E-state index contributed by atoms with van der Waals surface area (Å²) in [6, 6.07) is 13.8. The van der Waals surface area contributed by atoms with Crippen LogP contribution in [0.4, 0.5) is 13.2 Å². The summed E-state index contributed by atoms with van der Waals surface area (Å²) < 4.78 is 69.6. The van der Waals surface area contributed by atoms with Gasteiger partial charge < -0.3 is 4.90 Å². The predicted molar refractivity (Wildman–Crippen MR) is 153 cm³/mol. The molecule has 0 bridgehead atoms. The lowest BCUT2D eigenvalue weighted by Gasteiger charge is -2.45. The molecular formula is C30H35BrF3N3O2S. The number of likely N-dealkylation sites (tertiary alicyclic amines) is 1. The van der Waals surface area contributed by atoms with E-state index in [-0.39, 0.29) is 10.9 Å². The maximum Gasteiger partial charge on any atom is 0.416 e. The predicted octanol–water partition coefficient (Wildman–Crippen LogP) is 7.48. The maximum atomic E-state index is 14.2. The number of halogens is 4. The minimum atomic E-state index is -4.52. The fourth-order valence-electron chi connectivity index (χ4n) is 6.66. The number of benzene rings is 2. The van der Waals surface area contributed by atoms with Crippen molar-refractivity contribution in [2.45, 2.75) is 86.7 Å². The summed E-state index contributed by atoms with van der Waals surface area (Å²) in [5, 5.41) is 4.62. The standard InChI is InChI=1S/C30H35BrF3N3O2S/c1-3-37-28(20-21(2)35-37)22-14-18-36(19-15-22)26-12-16-29(17-13-26,23-4-8-25(31)9-5-23)40(38,39)27-10-6-24(7-11-27)30(32,33)34/h4-11,20,22,26H,3,12-19H2,1-2H3. The van der Waals surface area contributed by atoms with E-state index >= 15 is 0 Å². The van der Waals surface area contributed by atoms with Gasteiger partial charge in [0.15, 0.2) is 9.84 Å². The fraction of sp³-hybridized carbons (Fsp3) is 0.500. The third-order valence-corrected chi connectivity index (χ3v) is 11.9. The largest absolute Gasteiger partial charge is 0.416 e. The van der Waals surface area contributed by atoms with Crippen LogP contribution in [0.2, 0.25) is 0 Å². The van der Waals surface area contributed by atoms with Gasteiger partial charge in [0.25, 0.3) is 0 Å². The first kappa shape index (κ1) is 29.3. The van der Waals surface area contributed by atoms with Crippen molar-refractivity contribution in [2.75, 3.05) is 13.1 Å². The monoisotopic (exact) mass is 637 g/mol. The lowest BCUT2D eigenvalue weighted by atomic mass is 9.79. The molecule has 0 unspecified atom stereocenters. The number of hydrogen-bond acceptors (Lipinski definition) is 4. The van der Waals surface area contributed by atoms with E-state index in [4.69, 9.17) is 0 Å². The first-order valence-corrected chi connectivity index (χ1v) is 16.2. The number of nitrogens with zero attached hydrogens (tertiary/aromatic N) is 3. The molecular weight excluding hydrogens is 603 g/mol. The van der Waals surface area contributed by atoms with Gasteiger partial charge in [-0.2, -0.15) is 18.3 Å². The second-order valence-electron chi connectivity index (χ2n) is 11.1. The topological polar surface area (TPSA) is 55.2 Å². The average molecular weight is 639 g/mol. The summed E-state index contributed by atoms with van der Waals surface area (Å²) in [7, 11) is -3.97. The molecule has 1 aliphatic carbocycles. The molecule has 40 heavy (non-hydrogen) atoms. The summed E-state index contributed by atoms with van der Waals surface area (Å²) in [6.45, 7) is 6.92. The van der Waals surface area contributed by atoms with Crippen molar-refractivity contribution < 1.29 is 21.6 Å². The van der Waals surface area contributed by atoms with Crippen molar-refractivity contribution in [3.8, 4) is 0 Å². The molecule has 5 rings (SSSR count). The molecule has 5 nitrogen and oxygen atoms in total. The second kappa shape index (κ2) is 11.2. The van der Waals surface area contributed by atoms with Crippen LogP contribution in [-0.2, 0) is 27.3 Å². The lowest BCUT2D eigenvalue weighted by Crippen LogP contribution is -2.48. The van der Waals surface area contributed by atoms with Gasteiger partial charge in [0.2, 0.25) is 0 Å². The van der Waals surface area contributed by atoms with Crippen LogP contribution in [0.5, 0.6) is 0 Å². The number of hydrogen-bond donors (Lipinski definition) is 0. The molecule has 0 spiro atoms. The third-order valence-electron chi connectivity index (χ3n) is 8.84. The van der Waals surface area contributed by atoms with Crippen LogP contribution in [0.1, 0.15) is 73.9 Å². The fourth-order valence-corrected chi connectivity index (χ4v) is 9.09. The smallest absolute Gasteiger partial charge is 0.300 e. The van der Waals surface area contributed by atoms with E-state index in [2.05, 4.69) is 43.6 Å². The average Bonchev–Trinajstić information content (AvgIpc) is 3.34. The normalized spacial score (nSPS) is 23.4. The molecule has 1 saturated heterocycles. The van der Waals surface area contributed by atoms with E-state index in [9.17, 15) is 21.6 Å². The van der Waals surface area contributed by atoms with Crippen LogP contribution in [0.3, 0.4) is 0 Å². The van der Waals surface area contributed by atoms with Crippen molar-refractivity contribution in [1.29, 1.82) is 0 Å². The Balaban J connectivity index is 1.35. The van der Waals surface area contributed by atoms with Crippen molar-refractivity contribution >= 4 is 25.8 Å². The highest BCUT2D eigenvalue weighted by Crippen LogP contribution is 2.48. The molecule has 216 valence electrons. The van der Waals surface area contributed by atoms with E-state index in [0.29, 0.717) is 37.2 Å². The van der Waals surface area contributed by atoms with Gasteiger partial charge in [0.1, 0.15) is 4.75 Å². The molecule has 2 aliphatic rings. The number of sulfone groups is 1. The Hall–Kier alpha value is -2.17. The highest BCUT2D eigenvalue weighted by Gasteiger charge is 2.49. The van der Waals surface area contributed by atoms with E-state index in [1.54, 1.807) is 0 Å². The molecule has 3 aromatic rings. The first-order chi connectivity index (χ1) is 18.9. The van der Waals surface area contributed by atoms with Crippen LogP contribution in [-0.4, -0.2) is 42.2 Å². The summed E-state index contributed by atoms with van der Waals surface area (Å²) in [5.41, 5.74) is 2.19. The number of rotatable bonds is 6. The van der Waals surface area contributed by atoms with Crippen LogP contribution in [0.25, 0.3) is 0 Å².